The van der Waals surface area contributed by atoms with E-state index in [1.807, 2.05) is 12.1 Å². The summed E-state index contributed by atoms with van der Waals surface area (Å²) < 4.78 is 38.5. The third-order valence-electron chi connectivity index (χ3n) is 11.3. The number of hydrogen-bond acceptors (Lipinski definition) is 3. The van der Waals surface area contributed by atoms with E-state index in [-0.39, 0.29) is 0 Å². The minimum atomic E-state index is -4.14. The van der Waals surface area contributed by atoms with Gasteiger partial charge in [-0.1, -0.05) is 20.3 Å². The van der Waals surface area contributed by atoms with Crippen molar-refractivity contribution in [3.05, 3.63) is 71.8 Å². The Labute approximate surface area is 315 Å². The summed E-state index contributed by atoms with van der Waals surface area (Å²) in [5.74, 6) is 0. The van der Waals surface area contributed by atoms with E-state index in [4.69, 9.17) is 3.97 Å². The Morgan fingerprint density at radius 1 is 0.510 bits per heavy atom. The number of hydrogen-bond donors (Lipinski definition) is 0. The molecule has 3 nitrogen and oxygen atoms in total. The van der Waals surface area contributed by atoms with Gasteiger partial charge >= 0.3 is 296 Å². The normalized spacial score (nSPS) is 13.1. The van der Waals surface area contributed by atoms with Crippen LogP contribution in [0.4, 0.5) is 0 Å². The van der Waals surface area contributed by atoms with E-state index in [0.717, 1.165) is 111 Å². The first-order valence-electron chi connectivity index (χ1n) is 21.4. The van der Waals surface area contributed by atoms with Gasteiger partial charge in [-0.2, -0.15) is 0 Å². The van der Waals surface area contributed by atoms with Crippen molar-refractivity contribution in [2.24, 2.45) is 0 Å². The zero-order chi connectivity index (χ0) is 36.9. The Bertz CT molecular complexity index is 1480. The molecule has 0 amide bonds. The monoisotopic (exact) mass is 739 g/mol. The molecule has 3 aromatic rings. The molecule has 0 aliphatic heterocycles. The molecule has 0 fully saturated rings. The van der Waals surface area contributed by atoms with Crippen LogP contribution < -0.4 is 5.30 Å². The van der Waals surface area contributed by atoms with Gasteiger partial charge in [0.05, 0.1) is 0 Å². The minimum absolute atomic E-state index is 0.485. The SMILES string of the molecule is CCCCCCCCCc1cc2ccccc2c(S(=O)(=O)OP(CCCC)(CCCC)(CCCC)c2ccccc2)c1CCCCCCCCC. The van der Waals surface area contributed by atoms with Gasteiger partial charge in [0, 0.05) is 0 Å². The third kappa shape index (κ3) is 12.7. The zero-order valence-electron chi connectivity index (χ0n) is 33.5. The van der Waals surface area contributed by atoms with Crippen molar-refractivity contribution in [2.45, 2.75) is 181 Å². The molecular weight excluding hydrogens is 664 g/mol. The van der Waals surface area contributed by atoms with Crippen molar-refractivity contribution in [3.8, 4) is 0 Å². The van der Waals surface area contributed by atoms with Gasteiger partial charge in [-0.25, -0.2) is 0 Å². The summed E-state index contributed by atoms with van der Waals surface area (Å²) in [4.78, 5) is 0.485. The average molecular weight is 739 g/mol. The number of unbranched alkanes of at least 4 members (excludes halogenated alkanes) is 15. The van der Waals surface area contributed by atoms with Crippen molar-refractivity contribution in [1.82, 2.24) is 0 Å². The van der Waals surface area contributed by atoms with Crippen LogP contribution in [0.1, 0.15) is 174 Å². The van der Waals surface area contributed by atoms with E-state index in [0.29, 0.717) is 4.90 Å². The molecule has 0 heterocycles. The van der Waals surface area contributed by atoms with Crippen molar-refractivity contribution < 1.29 is 12.4 Å². The molecule has 0 radical (unpaired) electrons. The molecule has 3 aromatic carbocycles. The Morgan fingerprint density at radius 2 is 0.961 bits per heavy atom. The van der Waals surface area contributed by atoms with Gasteiger partial charge in [0.25, 0.3) is 0 Å². The third-order valence-corrected chi connectivity index (χ3v) is 20.3. The van der Waals surface area contributed by atoms with Gasteiger partial charge in [-0.3, -0.25) is 0 Å². The van der Waals surface area contributed by atoms with Crippen molar-refractivity contribution >= 4 is 33.0 Å². The molecular formula is C46H75O3PS. The number of rotatable bonds is 29. The zero-order valence-corrected chi connectivity index (χ0v) is 35.2. The molecule has 0 unspecified atom stereocenters. The summed E-state index contributed by atoms with van der Waals surface area (Å²) in [6.45, 7) is 7.78. The second-order valence-electron chi connectivity index (χ2n) is 15.5. The number of benzene rings is 3. The van der Waals surface area contributed by atoms with Crippen LogP contribution in [0.25, 0.3) is 10.8 Å². The Hall–Kier alpha value is -1.74. The molecule has 51 heavy (non-hydrogen) atoms. The summed E-state index contributed by atoms with van der Waals surface area (Å²) in [6.07, 6.45) is 27.4. The summed E-state index contributed by atoms with van der Waals surface area (Å²) in [6, 6.07) is 21.2. The van der Waals surface area contributed by atoms with Crippen molar-refractivity contribution in [2.75, 3.05) is 18.5 Å². The molecule has 0 atom stereocenters. The van der Waals surface area contributed by atoms with Gasteiger partial charge < -0.3 is 0 Å². The average Bonchev–Trinajstić information content (AvgIpc) is 3.14. The van der Waals surface area contributed by atoms with E-state index in [1.54, 1.807) is 0 Å². The van der Waals surface area contributed by atoms with E-state index in [2.05, 4.69) is 83.1 Å². The van der Waals surface area contributed by atoms with E-state index in [1.165, 1.54) is 76.2 Å². The first-order valence-corrected chi connectivity index (χ1v) is 25.5. The topological polar surface area (TPSA) is 43.4 Å². The molecule has 0 saturated heterocycles. The van der Waals surface area contributed by atoms with Crippen molar-refractivity contribution in [3.63, 3.8) is 0 Å². The quantitative estimate of drug-likeness (QED) is 0.0526. The van der Waals surface area contributed by atoms with Gasteiger partial charge in [-0.15, -0.1) is 0 Å². The van der Waals surface area contributed by atoms with Gasteiger partial charge in [0.1, 0.15) is 0 Å². The van der Waals surface area contributed by atoms with E-state index >= 15 is 8.42 Å². The summed E-state index contributed by atoms with van der Waals surface area (Å²) in [5, 5.41) is 3.01. The van der Waals surface area contributed by atoms with Gasteiger partial charge in [-0.05, 0) is 0 Å². The van der Waals surface area contributed by atoms with Crippen LogP contribution in [0.5, 0.6) is 0 Å². The van der Waals surface area contributed by atoms with Crippen LogP contribution in [0.3, 0.4) is 0 Å². The molecule has 0 aliphatic carbocycles. The van der Waals surface area contributed by atoms with Crippen LogP contribution in [-0.2, 0) is 26.9 Å². The first kappa shape index (κ1) is 43.7. The van der Waals surface area contributed by atoms with Crippen LogP contribution in [-0.4, -0.2) is 26.9 Å². The fourth-order valence-corrected chi connectivity index (χ4v) is 18.4. The maximum absolute atomic E-state index is 15.6. The minimum Gasteiger partial charge on any atom is -0.0654 e. The Balaban J connectivity index is 2.20. The van der Waals surface area contributed by atoms with Crippen LogP contribution in [0, 0.1) is 0 Å². The number of aryl methyl sites for hydroxylation is 1. The summed E-state index contributed by atoms with van der Waals surface area (Å²) in [5.41, 5.74) is 2.27. The maximum atomic E-state index is 15.6. The molecule has 288 valence electrons. The molecule has 0 N–H and O–H groups in total. The molecule has 0 aliphatic rings. The van der Waals surface area contributed by atoms with Crippen LogP contribution >= 0.6 is 6.83 Å². The predicted molar refractivity (Wildman–Crippen MR) is 228 cm³/mol. The number of fused-ring (bicyclic) bond motifs is 1. The second kappa shape index (κ2) is 23.1. The van der Waals surface area contributed by atoms with Crippen molar-refractivity contribution in [1.29, 1.82) is 0 Å². The van der Waals surface area contributed by atoms with Gasteiger partial charge in [0.2, 0.25) is 0 Å². The van der Waals surface area contributed by atoms with Crippen LogP contribution in [0.15, 0.2) is 65.6 Å². The molecule has 0 bridgehead atoms. The Kier molecular flexibility index (Phi) is 19.8. The van der Waals surface area contributed by atoms with E-state index in [9.17, 15) is 0 Å². The molecule has 3 rings (SSSR count). The molecule has 0 aromatic heterocycles. The van der Waals surface area contributed by atoms with Crippen LogP contribution in [0.2, 0.25) is 0 Å². The molecule has 0 saturated carbocycles. The predicted octanol–water partition coefficient (Wildman–Crippen LogP) is 14.3. The smallest absolute Gasteiger partial charge is 0.0654 e. The molecule has 0 spiro atoms. The first-order chi connectivity index (χ1) is 24.8. The fourth-order valence-electron chi connectivity index (χ4n) is 8.28. The molecule has 5 heteroatoms. The fraction of sp³-hybridized carbons (Fsp3) is 0.652. The van der Waals surface area contributed by atoms with Gasteiger partial charge in [0.15, 0.2) is 0 Å². The Morgan fingerprint density at radius 3 is 1.49 bits per heavy atom. The summed E-state index contributed by atoms with van der Waals surface area (Å²) >= 11 is 0. The van der Waals surface area contributed by atoms with E-state index < -0.39 is 16.9 Å². The summed E-state index contributed by atoms with van der Waals surface area (Å²) in [7, 11) is -4.14. The standard InChI is InChI=1S/C46H75O3PS/c1-6-11-16-18-20-22-25-31-41-40-42-32-29-30-36-45(42)46(44(41)35-28-23-21-19-17-12-7-2)51(47,48)49-50(37-13-8-3,38-14-9-4,39-15-10-5)43-33-26-24-27-34-43/h24,26-27,29-30,32-34,36,40H,6-23,25,28,31,35,37-39H2,1-5H3. The second-order valence-corrected chi connectivity index (χ2v) is 22.5.